The van der Waals surface area contributed by atoms with Gasteiger partial charge in [0.15, 0.2) is 0 Å². The van der Waals surface area contributed by atoms with Crippen LogP contribution >= 0.6 is 0 Å². The van der Waals surface area contributed by atoms with Gasteiger partial charge in [0.1, 0.15) is 0 Å². The fraction of sp³-hybridized carbons (Fsp3) is 0.750. The van der Waals surface area contributed by atoms with E-state index in [4.69, 9.17) is 5.84 Å². The SMILES string of the molecule is CCC/C(=C\N(C)N)N(C)C. The summed E-state index contributed by atoms with van der Waals surface area (Å²) in [5, 5.41) is 1.59. The lowest BCUT2D eigenvalue weighted by Crippen LogP contribution is -2.22. The summed E-state index contributed by atoms with van der Waals surface area (Å²) in [5.41, 5.74) is 1.26. The summed E-state index contributed by atoms with van der Waals surface area (Å²) < 4.78 is 0. The normalized spacial score (nSPS) is 11.5. The lowest BCUT2D eigenvalue weighted by Gasteiger charge is -2.18. The van der Waals surface area contributed by atoms with Crippen LogP contribution in [0.2, 0.25) is 0 Å². The molecule has 0 aliphatic heterocycles. The van der Waals surface area contributed by atoms with Crippen molar-refractivity contribution in [1.29, 1.82) is 0 Å². The van der Waals surface area contributed by atoms with Crippen LogP contribution in [0.4, 0.5) is 0 Å². The van der Waals surface area contributed by atoms with E-state index in [-0.39, 0.29) is 0 Å². The Balaban J connectivity index is 4.08. The van der Waals surface area contributed by atoms with Crippen LogP contribution in [-0.4, -0.2) is 31.1 Å². The van der Waals surface area contributed by atoms with Gasteiger partial charge in [0.25, 0.3) is 0 Å². The average Bonchev–Trinajstić information content (AvgIpc) is 1.86. The van der Waals surface area contributed by atoms with Crippen LogP contribution in [0.25, 0.3) is 0 Å². The second kappa shape index (κ2) is 5.02. The lowest BCUT2D eigenvalue weighted by molar-refractivity contribution is 0.425. The highest BCUT2D eigenvalue weighted by molar-refractivity contribution is 4.97. The molecule has 3 heteroatoms. The number of nitrogens with two attached hydrogens (primary N) is 1. The fourth-order valence-electron chi connectivity index (χ4n) is 0.895. The molecule has 0 aliphatic carbocycles. The molecule has 0 radical (unpaired) electrons. The van der Waals surface area contributed by atoms with Crippen LogP contribution in [0, 0.1) is 0 Å². The fourth-order valence-corrected chi connectivity index (χ4v) is 0.895. The van der Waals surface area contributed by atoms with Crippen LogP contribution in [0.3, 0.4) is 0 Å². The Morgan fingerprint density at radius 2 is 1.91 bits per heavy atom. The molecule has 2 N–H and O–H groups in total. The van der Waals surface area contributed by atoms with Crippen molar-refractivity contribution in [1.82, 2.24) is 9.91 Å². The average molecular weight is 157 g/mol. The van der Waals surface area contributed by atoms with Crippen LogP contribution in [0.5, 0.6) is 0 Å². The van der Waals surface area contributed by atoms with Gasteiger partial charge in [-0.25, -0.2) is 5.84 Å². The molecule has 0 heterocycles. The van der Waals surface area contributed by atoms with Gasteiger partial charge in [0, 0.05) is 33.0 Å². The van der Waals surface area contributed by atoms with Gasteiger partial charge < -0.3 is 9.91 Å². The smallest absolute Gasteiger partial charge is 0.0343 e. The van der Waals surface area contributed by atoms with Crippen molar-refractivity contribution in [2.24, 2.45) is 5.84 Å². The standard InChI is InChI=1S/C8H19N3/c1-5-6-8(10(2)3)7-11(4)9/h7H,5-6,9H2,1-4H3/b8-7+. The molecule has 3 nitrogen and oxygen atoms in total. The van der Waals surface area contributed by atoms with E-state index in [1.807, 2.05) is 27.3 Å². The Labute approximate surface area is 69.4 Å². The first kappa shape index (κ1) is 10.3. The minimum Gasteiger partial charge on any atom is -0.380 e. The Kier molecular flexibility index (Phi) is 4.70. The van der Waals surface area contributed by atoms with E-state index in [9.17, 15) is 0 Å². The number of hydrogen-bond donors (Lipinski definition) is 1. The minimum absolute atomic E-state index is 1.08. The topological polar surface area (TPSA) is 32.5 Å². The molecule has 0 rings (SSSR count). The summed E-state index contributed by atoms with van der Waals surface area (Å²) >= 11 is 0. The predicted octanol–water partition coefficient (Wildman–Crippen LogP) is 0.995. The Morgan fingerprint density at radius 3 is 2.18 bits per heavy atom. The molecule has 0 unspecified atom stereocenters. The zero-order chi connectivity index (χ0) is 8.85. The van der Waals surface area contributed by atoms with E-state index in [0.717, 1.165) is 12.8 Å². The zero-order valence-corrected chi connectivity index (χ0v) is 7.96. The summed E-state index contributed by atoms with van der Waals surface area (Å²) in [5.74, 6) is 5.49. The number of hydrogen-bond acceptors (Lipinski definition) is 3. The molecule has 0 aromatic heterocycles. The van der Waals surface area contributed by atoms with E-state index in [2.05, 4.69) is 11.8 Å². The van der Waals surface area contributed by atoms with Crippen LogP contribution < -0.4 is 5.84 Å². The van der Waals surface area contributed by atoms with Gasteiger partial charge in [-0.15, -0.1) is 0 Å². The highest BCUT2D eigenvalue weighted by Crippen LogP contribution is 2.06. The first-order valence-electron chi connectivity index (χ1n) is 3.93. The van der Waals surface area contributed by atoms with Crippen molar-refractivity contribution in [3.8, 4) is 0 Å². The third-order valence-electron chi connectivity index (χ3n) is 1.43. The van der Waals surface area contributed by atoms with Gasteiger partial charge >= 0.3 is 0 Å². The van der Waals surface area contributed by atoms with E-state index in [1.165, 1.54) is 5.70 Å². The van der Waals surface area contributed by atoms with Gasteiger partial charge in [0.05, 0.1) is 0 Å². The summed E-state index contributed by atoms with van der Waals surface area (Å²) in [6.07, 6.45) is 4.18. The van der Waals surface area contributed by atoms with Gasteiger partial charge in [-0.2, -0.15) is 0 Å². The van der Waals surface area contributed by atoms with Crippen molar-refractivity contribution in [2.75, 3.05) is 21.1 Å². The molecule has 0 aromatic carbocycles. The summed E-state index contributed by atoms with van der Waals surface area (Å²) in [6.45, 7) is 2.16. The number of nitrogens with zero attached hydrogens (tertiary/aromatic N) is 2. The first-order valence-corrected chi connectivity index (χ1v) is 3.93. The maximum absolute atomic E-state index is 5.49. The third kappa shape index (κ3) is 4.67. The summed E-state index contributed by atoms with van der Waals surface area (Å²) in [4.78, 5) is 2.09. The molecule has 66 valence electrons. The monoisotopic (exact) mass is 157 g/mol. The van der Waals surface area contributed by atoms with Crippen LogP contribution in [-0.2, 0) is 0 Å². The van der Waals surface area contributed by atoms with E-state index in [0.29, 0.717) is 0 Å². The summed E-state index contributed by atoms with van der Waals surface area (Å²) in [7, 11) is 5.90. The molecule has 0 saturated carbocycles. The Morgan fingerprint density at radius 1 is 1.36 bits per heavy atom. The van der Waals surface area contributed by atoms with Crippen molar-refractivity contribution in [3.63, 3.8) is 0 Å². The Hall–Kier alpha value is -0.700. The second-order valence-electron chi connectivity index (χ2n) is 2.93. The molecule has 0 aromatic rings. The Bertz CT molecular complexity index is 127. The molecular formula is C8H19N3. The molecule has 0 fully saturated rings. The van der Waals surface area contributed by atoms with Gasteiger partial charge in [-0.05, 0) is 6.42 Å². The van der Waals surface area contributed by atoms with Gasteiger partial charge in [0.2, 0.25) is 0 Å². The molecular weight excluding hydrogens is 138 g/mol. The maximum atomic E-state index is 5.49. The number of hydrazine groups is 1. The third-order valence-corrected chi connectivity index (χ3v) is 1.43. The highest BCUT2D eigenvalue weighted by Gasteiger charge is 1.97. The molecule has 0 bridgehead atoms. The maximum Gasteiger partial charge on any atom is 0.0343 e. The highest BCUT2D eigenvalue weighted by atomic mass is 15.4. The van der Waals surface area contributed by atoms with E-state index < -0.39 is 0 Å². The molecule has 0 spiro atoms. The van der Waals surface area contributed by atoms with Crippen LogP contribution in [0.15, 0.2) is 11.9 Å². The molecule has 0 atom stereocenters. The quantitative estimate of drug-likeness (QED) is 0.488. The number of rotatable bonds is 4. The number of allylic oxidation sites excluding steroid dienone is 1. The largest absolute Gasteiger partial charge is 0.380 e. The first-order chi connectivity index (χ1) is 5.07. The van der Waals surface area contributed by atoms with Gasteiger partial charge in [-0.3, -0.25) is 0 Å². The van der Waals surface area contributed by atoms with E-state index in [1.54, 1.807) is 5.01 Å². The minimum atomic E-state index is 1.08. The van der Waals surface area contributed by atoms with Gasteiger partial charge in [-0.1, -0.05) is 13.3 Å². The molecule has 0 amide bonds. The molecule has 0 saturated heterocycles. The predicted molar refractivity (Wildman–Crippen MR) is 48.6 cm³/mol. The second-order valence-corrected chi connectivity index (χ2v) is 2.93. The summed E-state index contributed by atoms with van der Waals surface area (Å²) in [6, 6.07) is 0. The van der Waals surface area contributed by atoms with Crippen molar-refractivity contribution < 1.29 is 0 Å². The van der Waals surface area contributed by atoms with E-state index >= 15 is 0 Å². The van der Waals surface area contributed by atoms with Crippen molar-refractivity contribution in [3.05, 3.63) is 11.9 Å². The lowest BCUT2D eigenvalue weighted by atomic mass is 10.2. The van der Waals surface area contributed by atoms with Crippen molar-refractivity contribution >= 4 is 0 Å². The molecule has 11 heavy (non-hydrogen) atoms. The van der Waals surface area contributed by atoms with Crippen LogP contribution in [0.1, 0.15) is 19.8 Å². The van der Waals surface area contributed by atoms with Crippen molar-refractivity contribution in [2.45, 2.75) is 19.8 Å². The molecule has 0 aliphatic rings. The zero-order valence-electron chi connectivity index (χ0n) is 7.96.